The molecule has 5 heterocycles. The standard InChI is InChI=1S/C25H25F6N5O2S.C24H25F3N4OS.C23H22Cl2FN5O.C23H28F4N4O/c1-15(17-5-7-18(8-6-17)25(29,30)31)36(20-11-12-20)23-21(26)22(33-14-34-23)32-13-16-3-9-19(10-4-16)35-39(37,38)24(2,27)28;1-24(26,27)18-7-3-17(4-8-18)14-31(19-9-10-19)23-21(25)22(29-15-30-23)28-13-16-5-11-20(12-6-16)33(2)32;24-18-2-1-3-19(25)17(18)12-31(16-8-9-16)23-21(26)22(29-13-30-23)28-11-15-6-4-14(5-7-15)10-20(27)32;1-22(26,27)17-4-2-16(3-5-17)12-31(18-6-7-18)21-19(25)20(29-15-30-21)28-14-23(13-24)8-10-32-11-9-23/h3-10,14-15,20,35H,11-13H2,1-2H3,(H,32,33,34);3-8,11-12,15,19H,9-10,13-14H2,1-2H3,(H,28,29,30);1-7,13,16H,8-12H2,(H2,27,32)(H,28,29,30);2-5,15,18H,6-14H2,1H3,(H,28,29,30). The molecule has 4 aliphatic carbocycles. The van der Waals surface area contributed by atoms with Crippen LogP contribution in [0.4, 0.5) is 114 Å². The van der Waals surface area contributed by atoms with Crippen LogP contribution in [0.25, 0.3) is 0 Å². The van der Waals surface area contributed by atoms with E-state index < -0.39 is 91.1 Å². The molecule has 1 saturated heterocycles. The molecule has 0 spiro atoms. The molecule has 7 N–H and O–H groups in total. The van der Waals surface area contributed by atoms with E-state index in [4.69, 9.17) is 33.7 Å². The van der Waals surface area contributed by atoms with Crippen LogP contribution in [0.3, 0.4) is 0 Å². The predicted molar refractivity (Wildman–Crippen MR) is 496 cm³/mol. The highest BCUT2D eigenvalue weighted by atomic mass is 35.5. The lowest BCUT2D eigenvalue weighted by molar-refractivity contribution is -0.137. The van der Waals surface area contributed by atoms with Gasteiger partial charge in [0, 0.05) is 164 Å². The summed E-state index contributed by atoms with van der Waals surface area (Å²) >= 11 is 12.7. The fourth-order valence-corrected chi connectivity index (χ4v) is 16.6. The molecule has 0 radical (unpaired) electrons. The van der Waals surface area contributed by atoms with Gasteiger partial charge in [-0.1, -0.05) is 138 Å². The Morgan fingerprint density at radius 3 is 1.23 bits per heavy atom. The quantitative estimate of drug-likeness (QED) is 0.0197. The summed E-state index contributed by atoms with van der Waals surface area (Å²) < 4.78 is 237. The Kier molecular flexibility index (Phi) is 33.0. The molecule has 724 valence electrons. The molecule has 16 rings (SSSR count). The van der Waals surface area contributed by atoms with E-state index in [1.807, 2.05) is 51.1 Å². The highest BCUT2D eigenvalue weighted by molar-refractivity contribution is 7.93. The third-order valence-corrected chi connectivity index (χ3v) is 26.5. The number of hydrogen-bond donors (Lipinski definition) is 6. The number of anilines is 9. The number of carbonyl (C=O) groups excluding carboxylic acids is 1. The number of amides is 1. The molecule has 23 nitrogen and oxygen atoms in total. The Morgan fingerprint density at radius 2 is 0.853 bits per heavy atom. The number of halogens is 16. The van der Waals surface area contributed by atoms with Gasteiger partial charge >= 0.3 is 11.4 Å². The number of primary amides is 1. The predicted octanol–water partition coefficient (Wildman–Crippen LogP) is 21.4. The Labute approximate surface area is 790 Å². The van der Waals surface area contributed by atoms with Crippen molar-refractivity contribution in [1.29, 1.82) is 0 Å². The zero-order valence-corrected chi connectivity index (χ0v) is 77.6. The first-order chi connectivity index (χ1) is 64.6. The lowest BCUT2D eigenvalue weighted by Crippen LogP contribution is -2.38. The van der Waals surface area contributed by atoms with E-state index in [9.17, 15) is 61.3 Å². The highest BCUT2D eigenvalue weighted by Crippen LogP contribution is 2.44. The molecule has 1 aliphatic heterocycles. The van der Waals surface area contributed by atoms with Crippen molar-refractivity contribution in [2.45, 2.75) is 196 Å². The molecule has 11 aromatic rings. The van der Waals surface area contributed by atoms with Crippen molar-refractivity contribution in [3.8, 4) is 0 Å². The van der Waals surface area contributed by atoms with E-state index in [1.54, 1.807) is 77.4 Å². The van der Waals surface area contributed by atoms with Gasteiger partial charge in [0.15, 0.2) is 46.5 Å². The van der Waals surface area contributed by atoms with Crippen molar-refractivity contribution in [3.63, 3.8) is 0 Å². The maximum atomic E-state index is 15.5. The van der Waals surface area contributed by atoms with E-state index in [2.05, 4.69) is 61.1 Å². The summed E-state index contributed by atoms with van der Waals surface area (Å²) in [6.07, 6.45) is 10.7. The fraction of sp³-hybridized carbons (Fsp3) is 0.379. The summed E-state index contributed by atoms with van der Waals surface area (Å²) in [7, 11) is -5.95. The molecule has 4 aromatic heterocycles. The number of aromatic nitrogens is 8. The van der Waals surface area contributed by atoms with Crippen LogP contribution in [0.15, 0.2) is 194 Å². The van der Waals surface area contributed by atoms with Crippen molar-refractivity contribution >= 4 is 102 Å². The van der Waals surface area contributed by atoms with Gasteiger partial charge in [0.05, 0.1) is 24.7 Å². The molecule has 2 atom stereocenters. The van der Waals surface area contributed by atoms with Gasteiger partial charge in [0.2, 0.25) is 29.2 Å². The summed E-state index contributed by atoms with van der Waals surface area (Å²) in [4.78, 5) is 51.9. The molecule has 136 heavy (non-hydrogen) atoms. The number of nitrogens with two attached hydrogens (primary N) is 1. The van der Waals surface area contributed by atoms with Gasteiger partial charge in [-0.3, -0.25) is 18.1 Å². The van der Waals surface area contributed by atoms with E-state index in [1.165, 1.54) is 86.0 Å². The normalized spacial score (nSPS) is 15.3. The number of sulfonamides is 1. The smallest absolute Gasteiger partial charge is 0.381 e. The summed E-state index contributed by atoms with van der Waals surface area (Å²) in [6.45, 7) is 6.33. The summed E-state index contributed by atoms with van der Waals surface area (Å²) in [5.74, 6) is -7.86. The van der Waals surface area contributed by atoms with Gasteiger partial charge in [-0.05, 0) is 159 Å². The SMILES string of the molecule is CC(F)(F)c1ccc(CN(c2ncnc(NCC3(CF)CCOCC3)c2F)C2CC2)cc1.CC(c1ccc(C(F)(F)F)cc1)N(c1ncnc(NCc2ccc(NS(=O)(=O)C(C)(F)F)cc2)c1F)C1CC1.CS(=O)c1ccc(CNc2ncnc(N(Cc3ccc(C(C)(F)F)cc3)C3CC3)c2F)cc1.NC(=O)Cc1ccc(CNc2ncnc(N(Cc3c(Cl)cccc3Cl)C3CC3)c2F)cc1. The first kappa shape index (κ1) is 102. The topological polar surface area (TPSA) is 280 Å². The molecule has 4 saturated carbocycles. The van der Waals surface area contributed by atoms with Gasteiger partial charge in [0.25, 0.3) is 21.9 Å². The Bertz CT molecular complexity index is 6010. The minimum Gasteiger partial charge on any atom is -0.381 e. The maximum Gasteiger partial charge on any atom is 0.416 e. The van der Waals surface area contributed by atoms with Crippen molar-refractivity contribution in [2.24, 2.45) is 11.1 Å². The van der Waals surface area contributed by atoms with Crippen LogP contribution in [-0.2, 0) is 94.1 Å². The van der Waals surface area contributed by atoms with E-state index in [-0.39, 0.29) is 120 Å². The molecular formula is C95H100Cl2F14N18O5S2. The van der Waals surface area contributed by atoms with Crippen molar-refractivity contribution in [3.05, 3.63) is 284 Å². The van der Waals surface area contributed by atoms with Crippen LogP contribution < -0.4 is 51.3 Å². The number of benzene rings is 7. The largest absolute Gasteiger partial charge is 0.416 e. The number of carbonyl (C=O) groups is 1. The average molecular weight is 1970 g/mol. The zero-order valence-electron chi connectivity index (χ0n) is 74.5. The van der Waals surface area contributed by atoms with Crippen LogP contribution in [0, 0.1) is 28.7 Å². The second-order valence-electron chi connectivity index (χ2n) is 34.1. The van der Waals surface area contributed by atoms with Crippen molar-refractivity contribution in [2.75, 3.05) is 78.3 Å². The van der Waals surface area contributed by atoms with Crippen LogP contribution in [0.5, 0.6) is 0 Å². The average Bonchev–Trinajstić information content (AvgIpc) is 1.62. The minimum atomic E-state index is -4.90. The number of nitrogens with one attached hydrogen (secondary N) is 5. The third kappa shape index (κ3) is 27.3. The maximum absolute atomic E-state index is 15.5. The first-order valence-electron chi connectivity index (χ1n) is 43.6. The Balaban J connectivity index is 0.000000154. The summed E-state index contributed by atoms with van der Waals surface area (Å²) in [6, 6.07) is 42.3. The third-order valence-electron chi connectivity index (χ3n) is 23.4. The number of alkyl halides is 10. The van der Waals surface area contributed by atoms with Crippen LogP contribution in [0.1, 0.15) is 159 Å². The second-order valence-corrected chi connectivity index (χ2v) is 38.3. The number of hydrogen-bond acceptors (Lipinski definition) is 21. The van der Waals surface area contributed by atoms with Gasteiger partial charge in [-0.15, -0.1) is 0 Å². The van der Waals surface area contributed by atoms with Crippen molar-refractivity contribution in [1.82, 2.24) is 39.9 Å². The molecule has 5 fully saturated rings. The number of nitrogens with zero attached hydrogens (tertiary/aromatic N) is 12. The van der Waals surface area contributed by atoms with Crippen LogP contribution in [-0.4, -0.2) is 121 Å². The Hall–Kier alpha value is -11.8. The first-order valence-corrected chi connectivity index (χ1v) is 47.4. The molecule has 5 aliphatic rings. The second kappa shape index (κ2) is 44.1. The number of ether oxygens (including phenoxy) is 1. The molecule has 1 amide bonds. The van der Waals surface area contributed by atoms with Gasteiger partial charge in [-0.2, -0.15) is 39.5 Å². The van der Waals surface area contributed by atoms with Gasteiger partial charge in [0.1, 0.15) is 25.3 Å². The molecule has 7 aromatic carbocycles. The lowest BCUT2D eigenvalue weighted by atomic mass is 9.81. The molecule has 2 unspecified atom stereocenters. The van der Waals surface area contributed by atoms with E-state index in [0.717, 1.165) is 116 Å². The Morgan fingerprint density at radius 1 is 0.493 bits per heavy atom. The summed E-state index contributed by atoms with van der Waals surface area (Å²) in [5, 5.41) is 8.98. The van der Waals surface area contributed by atoms with Crippen LogP contribution in [0.2, 0.25) is 10.0 Å². The lowest BCUT2D eigenvalue weighted by Gasteiger charge is -2.35. The van der Waals surface area contributed by atoms with E-state index in [0.29, 0.717) is 80.0 Å². The zero-order chi connectivity index (χ0) is 97.6. The van der Waals surface area contributed by atoms with Crippen molar-refractivity contribution < 1.29 is 83.6 Å². The molecular weight excluding hydrogens is 1870 g/mol. The number of rotatable bonds is 37. The molecule has 41 heteroatoms. The van der Waals surface area contributed by atoms with Gasteiger partial charge in [-0.25, -0.2) is 65.9 Å². The fourth-order valence-electron chi connectivity index (χ4n) is 14.9. The highest BCUT2D eigenvalue weighted by Gasteiger charge is 2.43. The van der Waals surface area contributed by atoms with Crippen LogP contribution >= 0.6 is 23.2 Å². The summed E-state index contributed by atoms with van der Waals surface area (Å²) in [5.41, 5.74) is 9.80. The monoisotopic (exact) mass is 1970 g/mol. The van der Waals surface area contributed by atoms with E-state index >= 15 is 17.6 Å². The molecule has 0 bridgehead atoms. The minimum absolute atomic E-state index is 0.00708. The van der Waals surface area contributed by atoms with Gasteiger partial charge < -0.3 is 51.3 Å².